The Morgan fingerprint density at radius 1 is 1.24 bits per heavy atom. The van der Waals surface area contributed by atoms with Crippen molar-refractivity contribution in [3.63, 3.8) is 0 Å². The largest absolute Gasteiger partial charge is 0.383 e. The molecule has 126 valence electrons. The van der Waals surface area contributed by atoms with E-state index in [4.69, 9.17) is 9.85 Å². The van der Waals surface area contributed by atoms with Crippen LogP contribution in [0.4, 0.5) is 11.5 Å². The summed E-state index contributed by atoms with van der Waals surface area (Å²) in [5, 5.41) is 3.56. The van der Waals surface area contributed by atoms with Crippen LogP contribution >= 0.6 is 15.9 Å². The SMILES string of the molecule is [2H]C([2H])([2H])n1c(Br)c(-c2ccc(N=S3(=O)C=CC=C3)cc2)c2c(N)ncnc21. The van der Waals surface area contributed by atoms with Gasteiger partial charge in [-0.25, -0.2) is 14.2 Å². The van der Waals surface area contributed by atoms with E-state index in [1.165, 1.54) is 6.33 Å². The van der Waals surface area contributed by atoms with Gasteiger partial charge >= 0.3 is 0 Å². The fraction of sp³-hybridized carbons (Fsp3) is 0.0588. The maximum Gasteiger partial charge on any atom is 0.146 e. The minimum absolute atomic E-state index is 0.182. The van der Waals surface area contributed by atoms with E-state index in [9.17, 15) is 4.21 Å². The number of nitrogens with two attached hydrogens (primary N) is 1. The van der Waals surface area contributed by atoms with Gasteiger partial charge in [-0.1, -0.05) is 24.3 Å². The molecule has 0 bridgehead atoms. The normalized spacial score (nSPS) is 17.4. The highest BCUT2D eigenvalue weighted by atomic mass is 79.9. The van der Waals surface area contributed by atoms with Crippen LogP contribution in [0.2, 0.25) is 0 Å². The standard InChI is InChI=1S/C17H14BrN5OS/c1-23-15(18)13(14-16(19)20-10-21-17(14)23)11-4-6-12(7-5-11)22-25(24)8-2-3-9-25/h2-10H,1H3,(H2,19,20,21)/i1D3. The molecule has 0 unspecified atom stereocenters. The van der Waals surface area contributed by atoms with Crippen molar-refractivity contribution in [3.8, 4) is 11.1 Å². The predicted octanol–water partition coefficient (Wildman–Crippen LogP) is 4.12. The summed E-state index contributed by atoms with van der Waals surface area (Å²) in [6.45, 7) is -2.45. The molecule has 25 heavy (non-hydrogen) atoms. The molecule has 0 radical (unpaired) electrons. The summed E-state index contributed by atoms with van der Waals surface area (Å²) in [4.78, 5) is 8.12. The topological polar surface area (TPSA) is 86.2 Å². The molecule has 0 fully saturated rings. The Bertz CT molecular complexity index is 1250. The molecular formula is C17H14BrN5OS. The Morgan fingerprint density at radius 2 is 1.96 bits per heavy atom. The molecule has 4 rings (SSSR count). The Kier molecular flexibility index (Phi) is 2.99. The van der Waals surface area contributed by atoms with Gasteiger partial charge < -0.3 is 10.3 Å². The van der Waals surface area contributed by atoms with Crippen LogP contribution < -0.4 is 5.73 Å². The first-order chi connectivity index (χ1) is 13.2. The Hall–Kier alpha value is -2.45. The molecule has 3 heterocycles. The monoisotopic (exact) mass is 418 g/mol. The first kappa shape index (κ1) is 12.8. The summed E-state index contributed by atoms with van der Waals surface area (Å²) in [6.07, 6.45) is 4.63. The Balaban J connectivity index is 1.91. The molecule has 0 atom stereocenters. The molecule has 1 aliphatic heterocycles. The van der Waals surface area contributed by atoms with Crippen LogP contribution in [0.15, 0.2) is 62.5 Å². The number of halogens is 1. The van der Waals surface area contributed by atoms with Gasteiger partial charge in [0.2, 0.25) is 0 Å². The van der Waals surface area contributed by atoms with E-state index in [2.05, 4.69) is 30.3 Å². The molecule has 0 saturated carbocycles. The van der Waals surface area contributed by atoms with Crippen molar-refractivity contribution in [2.45, 2.75) is 0 Å². The van der Waals surface area contributed by atoms with E-state index in [-0.39, 0.29) is 11.5 Å². The van der Waals surface area contributed by atoms with E-state index in [1.807, 2.05) is 0 Å². The van der Waals surface area contributed by atoms with Crippen molar-refractivity contribution in [2.75, 3.05) is 5.73 Å². The van der Waals surface area contributed by atoms with Crippen molar-refractivity contribution in [1.29, 1.82) is 0 Å². The van der Waals surface area contributed by atoms with E-state index in [0.29, 0.717) is 26.8 Å². The molecule has 1 aliphatic rings. The van der Waals surface area contributed by atoms with Gasteiger partial charge in [0.25, 0.3) is 0 Å². The lowest BCUT2D eigenvalue weighted by Gasteiger charge is -2.04. The second-order valence-corrected chi connectivity index (χ2v) is 8.07. The first-order valence-electron chi connectivity index (χ1n) is 8.73. The third kappa shape index (κ3) is 2.67. The highest BCUT2D eigenvalue weighted by Crippen LogP contribution is 2.39. The fourth-order valence-electron chi connectivity index (χ4n) is 2.65. The minimum Gasteiger partial charge on any atom is -0.383 e. The fourth-order valence-corrected chi connectivity index (χ4v) is 4.54. The van der Waals surface area contributed by atoms with Crippen LogP contribution in [0.3, 0.4) is 0 Å². The van der Waals surface area contributed by atoms with E-state index in [1.54, 1.807) is 47.2 Å². The summed E-state index contributed by atoms with van der Waals surface area (Å²) < 4.78 is 41.6. The Morgan fingerprint density at radius 3 is 2.64 bits per heavy atom. The molecule has 0 aliphatic carbocycles. The zero-order valence-corrected chi connectivity index (χ0v) is 15.2. The number of benzene rings is 1. The summed E-state index contributed by atoms with van der Waals surface area (Å²) in [5.74, 6) is 0.182. The summed E-state index contributed by atoms with van der Waals surface area (Å²) >= 11 is 3.39. The summed E-state index contributed by atoms with van der Waals surface area (Å²) in [6, 6.07) is 6.96. The lowest BCUT2D eigenvalue weighted by Crippen LogP contribution is -1.94. The van der Waals surface area contributed by atoms with Gasteiger partial charge in [-0.05, 0) is 33.6 Å². The number of fused-ring (bicyclic) bond motifs is 1. The number of hydrogen-bond acceptors (Lipinski definition) is 5. The maximum atomic E-state index is 12.5. The van der Waals surface area contributed by atoms with Gasteiger partial charge in [0.15, 0.2) is 0 Å². The van der Waals surface area contributed by atoms with Crippen LogP contribution in [-0.2, 0) is 16.7 Å². The molecule has 0 saturated heterocycles. The van der Waals surface area contributed by atoms with E-state index < -0.39 is 16.7 Å². The number of nitrogens with zero attached hydrogens (tertiary/aromatic N) is 4. The molecule has 3 aromatic rings. The number of allylic oxidation sites excluding steroid dienone is 2. The Labute approximate surface area is 157 Å². The lowest BCUT2D eigenvalue weighted by molar-refractivity contribution is 0.688. The second-order valence-electron chi connectivity index (χ2n) is 5.37. The van der Waals surface area contributed by atoms with Gasteiger partial charge in [0.05, 0.1) is 25.4 Å². The molecule has 1 aromatic carbocycles. The van der Waals surface area contributed by atoms with Gasteiger partial charge in [-0.2, -0.15) is 4.36 Å². The zero-order chi connectivity index (χ0) is 20.1. The third-order valence-electron chi connectivity index (χ3n) is 3.78. The summed E-state index contributed by atoms with van der Waals surface area (Å²) in [7, 11) is -2.51. The van der Waals surface area contributed by atoms with E-state index >= 15 is 0 Å². The van der Waals surface area contributed by atoms with Crippen molar-refractivity contribution in [2.24, 2.45) is 11.3 Å². The number of rotatable bonds is 2. The maximum absolute atomic E-state index is 12.5. The van der Waals surface area contributed by atoms with Crippen molar-refractivity contribution in [1.82, 2.24) is 14.5 Å². The molecule has 0 spiro atoms. The van der Waals surface area contributed by atoms with Crippen molar-refractivity contribution >= 4 is 48.2 Å². The summed E-state index contributed by atoms with van der Waals surface area (Å²) in [5.41, 5.74) is 8.07. The van der Waals surface area contributed by atoms with Crippen molar-refractivity contribution < 1.29 is 8.32 Å². The molecule has 8 heteroatoms. The van der Waals surface area contributed by atoms with Crippen LogP contribution in [0.5, 0.6) is 0 Å². The highest BCUT2D eigenvalue weighted by Gasteiger charge is 2.18. The van der Waals surface area contributed by atoms with Crippen LogP contribution in [0.25, 0.3) is 22.2 Å². The molecule has 0 amide bonds. The second kappa shape index (κ2) is 5.82. The number of hydrogen-bond donors (Lipinski definition) is 1. The zero-order valence-electron chi connectivity index (χ0n) is 15.8. The smallest absolute Gasteiger partial charge is 0.146 e. The highest BCUT2D eigenvalue weighted by molar-refractivity contribution is 9.10. The van der Waals surface area contributed by atoms with E-state index in [0.717, 1.165) is 4.57 Å². The van der Waals surface area contributed by atoms with Gasteiger partial charge in [0, 0.05) is 27.5 Å². The molecule has 6 nitrogen and oxygen atoms in total. The number of nitrogen functional groups attached to an aromatic ring is 1. The average Bonchev–Trinajstić information content (AvgIpc) is 3.17. The molecular weight excluding hydrogens is 402 g/mol. The predicted molar refractivity (Wildman–Crippen MR) is 105 cm³/mol. The third-order valence-corrected chi connectivity index (χ3v) is 6.12. The van der Waals surface area contributed by atoms with Crippen LogP contribution in [-0.4, -0.2) is 18.7 Å². The van der Waals surface area contributed by atoms with Gasteiger partial charge in [0.1, 0.15) is 17.8 Å². The van der Waals surface area contributed by atoms with Crippen molar-refractivity contribution in [3.05, 3.63) is 58.2 Å². The lowest BCUT2D eigenvalue weighted by atomic mass is 10.1. The molecule has 2 aromatic heterocycles. The van der Waals surface area contributed by atoms with Crippen LogP contribution in [0.1, 0.15) is 4.11 Å². The quantitative estimate of drug-likeness (QED) is 0.677. The van der Waals surface area contributed by atoms with Crippen LogP contribution in [0, 0.1) is 0 Å². The number of aryl methyl sites for hydroxylation is 1. The number of aromatic nitrogens is 3. The molecule has 2 N–H and O–H groups in total. The van der Waals surface area contributed by atoms with Gasteiger partial charge in [-0.15, -0.1) is 0 Å². The average molecular weight is 419 g/mol. The minimum atomic E-state index is -2.51. The van der Waals surface area contributed by atoms with Gasteiger partial charge in [-0.3, -0.25) is 0 Å². The number of anilines is 1. The first-order valence-corrected chi connectivity index (χ1v) is 9.66.